The molecule has 2 N–H and O–H groups in total. The summed E-state index contributed by atoms with van der Waals surface area (Å²) in [5.74, 6) is 0.398. The zero-order chi connectivity index (χ0) is 12.7. The maximum Gasteiger partial charge on any atom is 0.338 e. The van der Waals surface area contributed by atoms with Gasteiger partial charge in [-0.25, -0.2) is 4.79 Å². The Bertz CT molecular complexity index is 344. The molecule has 0 spiro atoms. The summed E-state index contributed by atoms with van der Waals surface area (Å²) in [7, 11) is 0. The third-order valence-corrected chi connectivity index (χ3v) is 2.58. The molecule has 17 heavy (non-hydrogen) atoms. The molecule has 0 amide bonds. The molecule has 0 aliphatic heterocycles. The summed E-state index contributed by atoms with van der Waals surface area (Å²) in [5.41, 5.74) is 7.09. The fourth-order valence-corrected chi connectivity index (χ4v) is 1.52. The highest BCUT2D eigenvalue weighted by atomic mass is 16.5. The fourth-order valence-electron chi connectivity index (χ4n) is 1.52. The van der Waals surface area contributed by atoms with E-state index in [2.05, 4.69) is 13.8 Å². The van der Waals surface area contributed by atoms with Crippen molar-refractivity contribution in [3.8, 4) is 0 Å². The van der Waals surface area contributed by atoms with Gasteiger partial charge >= 0.3 is 5.97 Å². The van der Waals surface area contributed by atoms with Gasteiger partial charge in [-0.2, -0.15) is 0 Å². The van der Waals surface area contributed by atoms with E-state index in [4.69, 9.17) is 10.5 Å². The summed E-state index contributed by atoms with van der Waals surface area (Å²) in [5, 5.41) is 0. The molecule has 0 saturated heterocycles. The Kier molecular flexibility index (Phi) is 5.70. The van der Waals surface area contributed by atoms with E-state index in [-0.39, 0.29) is 5.97 Å². The van der Waals surface area contributed by atoms with E-state index in [9.17, 15) is 4.79 Å². The van der Waals surface area contributed by atoms with Crippen molar-refractivity contribution in [3.05, 3.63) is 35.4 Å². The molecule has 3 nitrogen and oxygen atoms in total. The first kappa shape index (κ1) is 13.7. The Morgan fingerprint density at radius 1 is 1.29 bits per heavy atom. The topological polar surface area (TPSA) is 52.3 Å². The first-order valence-electron chi connectivity index (χ1n) is 6.09. The van der Waals surface area contributed by atoms with E-state index in [1.807, 2.05) is 12.1 Å². The number of benzene rings is 1. The van der Waals surface area contributed by atoms with Crippen molar-refractivity contribution in [2.45, 2.75) is 33.2 Å². The smallest absolute Gasteiger partial charge is 0.338 e. The first-order valence-corrected chi connectivity index (χ1v) is 6.09. The average molecular weight is 235 g/mol. The maximum absolute atomic E-state index is 11.6. The fraction of sp³-hybridized carbons (Fsp3) is 0.500. The van der Waals surface area contributed by atoms with Crippen LogP contribution in [-0.4, -0.2) is 12.6 Å². The van der Waals surface area contributed by atoms with Crippen LogP contribution in [0.3, 0.4) is 0 Å². The molecule has 0 aliphatic carbocycles. The van der Waals surface area contributed by atoms with Gasteiger partial charge in [0.25, 0.3) is 0 Å². The quantitative estimate of drug-likeness (QED) is 0.609. The summed E-state index contributed by atoms with van der Waals surface area (Å²) in [6, 6.07) is 7.22. The van der Waals surface area contributed by atoms with Crippen LogP contribution in [0.5, 0.6) is 0 Å². The summed E-state index contributed by atoms with van der Waals surface area (Å²) < 4.78 is 5.18. The minimum absolute atomic E-state index is 0.252. The van der Waals surface area contributed by atoms with E-state index in [1.54, 1.807) is 12.1 Å². The zero-order valence-electron chi connectivity index (χ0n) is 10.6. The van der Waals surface area contributed by atoms with E-state index in [0.29, 0.717) is 24.6 Å². The minimum Gasteiger partial charge on any atom is -0.462 e. The molecule has 94 valence electrons. The molecule has 0 radical (unpaired) electrons. The van der Waals surface area contributed by atoms with Gasteiger partial charge < -0.3 is 10.5 Å². The van der Waals surface area contributed by atoms with Crippen molar-refractivity contribution in [2.24, 2.45) is 11.7 Å². The van der Waals surface area contributed by atoms with Crippen LogP contribution >= 0.6 is 0 Å². The second kappa shape index (κ2) is 7.07. The van der Waals surface area contributed by atoms with Gasteiger partial charge in [0.2, 0.25) is 0 Å². The van der Waals surface area contributed by atoms with E-state index in [0.717, 1.165) is 18.4 Å². The number of esters is 1. The Labute approximate surface area is 103 Å². The van der Waals surface area contributed by atoms with Gasteiger partial charge in [-0.15, -0.1) is 0 Å². The number of rotatable bonds is 6. The number of hydrogen-bond acceptors (Lipinski definition) is 3. The van der Waals surface area contributed by atoms with Crippen LogP contribution in [0.1, 0.15) is 42.6 Å². The molecule has 0 atom stereocenters. The van der Waals surface area contributed by atoms with Gasteiger partial charge in [0, 0.05) is 6.54 Å². The maximum atomic E-state index is 11.6. The monoisotopic (exact) mass is 235 g/mol. The summed E-state index contributed by atoms with van der Waals surface area (Å²) in [6.07, 6.45) is 2.00. The van der Waals surface area contributed by atoms with Crippen molar-refractivity contribution >= 4 is 5.97 Å². The molecule has 1 aromatic rings. The summed E-state index contributed by atoms with van der Waals surface area (Å²) in [6.45, 7) is 5.31. The Morgan fingerprint density at radius 2 is 1.94 bits per heavy atom. The van der Waals surface area contributed by atoms with Crippen LogP contribution in [0.25, 0.3) is 0 Å². The lowest BCUT2D eigenvalue weighted by Gasteiger charge is -2.06. The van der Waals surface area contributed by atoms with E-state index >= 15 is 0 Å². The Morgan fingerprint density at radius 3 is 2.47 bits per heavy atom. The normalized spacial score (nSPS) is 10.6. The molecule has 0 saturated carbocycles. The predicted octanol–water partition coefficient (Wildman–Crippen LogP) is 2.74. The minimum atomic E-state index is -0.252. The third-order valence-electron chi connectivity index (χ3n) is 2.58. The molecular weight excluding hydrogens is 214 g/mol. The van der Waals surface area contributed by atoms with E-state index < -0.39 is 0 Å². The van der Waals surface area contributed by atoms with Crippen molar-refractivity contribution in [1.82, 2.24) is 0 Å². The molecular formula is C14H21NO2. The van der Waals surface area contributed by atoms with Crippen LogP contribution in [-0.2, 0) is 11.3 Å². The van der Waals surface area contributed by atoms with Crippen LogP contribution in [0.2, 0.25) is 0 Å². The van der Waals surface area contributed by atoms with Crippen LogP contribution in [0, 0.1) is 5.92 Å². The third kappa shape index (κ3) is 5.00. The van der Waals surface area contributed by atoms with Crippen LogP contribution < -0.4 is 5.73 Å². The van der Waals surface area contributed by atoms with Crippen molar-refractivity contribution in [3.63, 3.8) is 0 Å². The predicted molar refractivity (Wildman–Crippen MR) is 68.7 cm³/mol. The van der Waals surface area contributed by atoms with Crippen LogP contribution in [0.15, 0.2) is 24.3 Å². The highest BCUT2D eigenvalue weighted by molar-refractivity contribution is 5.89. The second-order valence-corrected chi connectivity index (χ2v) is 4.57. The highest BCUT2D eigenvalue weighted by Gasteiger charge is 2.06. The van der Waals surface area contributed by atoms with Gasteiger partial charge in [-0.05, 0) is 36.5 Å². The average Bonchev–Trinajstić information content (AvgIpc) is 2.34. The number of nitrogens with two attached hydrogens (primary N) is 1. The van der Waals surface area contributed by atoms with E-state index in [1.165, 1.54) is 0 Å². The van der Waals surface area contributed by atoms with Gasteiger partial charge in [-0.1, -0.05) is 26.0 Å². The molecule has 0 aromatic heterocycles. The molecule has 1 rings (SSSR count). The van der Waals surface area contributed by atoms with Crippen molar-refractivity contribution in [2.75, 3.05) is 6.61 Å². The molecule has 0 bridgehead atoms. The number of carbonyl (C=O) groups excluding carboxylic acids is 1. The van der Waals surface area contributed by atoms with Crippen molar-refractivity contribution < 1.29 is 9.53 Å². The molecule has 0 fully saturated rings. The molecule has 1 aromatic carbocycles. The summed E-state index contributed by atoms with van der Waals surface area (Å²) >= 11 is 0. The first-order chi connectivity index (χ1) is 8.13. The number of hydrogen-bond donors (Lipinski definition) is 1. The van der Waals surface area contributed by atoms with Gasteiger partial charge in [0.1, 0.15) is 0 Å². The molecule has 0 unspecified atom stereocenters. The van der Waals surface area contributed by atoms with Gasteiger partial charge in [0.15, 0.2) is 0 Å². The van der Waals surface area contributed by atoms with Crippen LogP contribution in [0.4, 0.5) is 0 Å². The lowest BCUT2D eigenvalue weighted by Crippen LogP contribution is -2.07. The molecule has 3 heteroatoms. The highest BCUT2D eigenvalue weighted by Crippen LogP contribution is 2.07. The van der Waals surface area contributed by atoms with Crippen molar-refractivity contribution in [1.29, 1.82) is 0 Å². The Hall–Kier alpha value is -1.35. The van der Waals surface area contributed by atoms with Gasteiger partial charge in [-0.3, -0.25) is 0 Å². The largest absolute Gasteiger partial charge is 0.462 e. The number of ether oxygens (including phenoxy) is 1. The Balaban J connectivity index is 2.36. The lowest BCUT2D eigenvalue weighted by atomic mass is 10.1. The lowest BCUT2D eigenvalue weighted by molar-refractivity contribution is 0.0495. The molecule has 0 aliphatic rings. The summed E-state index contributed by atoms with van der Waals surface area (Å²) in [4.78, 5) is 11.6. The zero-order valence-corrected chi connectivity index (χ0v) is 10.6. The van der Waals surface area contributed by atoms with Gasteiger partial charge in [0.05, 0.1) is 12.2 Å². The second-order valence-electron chi connectivity index (χ2n) is 4.57. The molecule has 0 heterocycles. The SMILES string of the molecule is CC(C)CCCOC(=O)c1ccc(CN)cc1. The number of carbonyl (C=O) groups is 1. The standard InChI is InChI=1S/C14H21NO2/c1-11(2)4-3-9-17-14(16)13-7-5-12(10-15)6-8-13/h5-8,11H,3-4,9-10,15H2,1-2H3.